The normalized spacial score (nSPS) is 21.6. The zero-order valence-corrected chi connectivity index (χ0v) is 12.3. The van der Waals surface area contributed by atoms with Gasteiger partial charge >= 0.3 is 0 Å². The van der Waals surface area contributed by atoms with E-state index in [1.54, 1.807) is 0 Å². The van der Waals surface area contributed by atoms with Crippen molar-refractivity contribution in [3.05, 3.63) is 69.2 Å². The average Bonchev–Trinajstić information content (AvgIpc) is 2.42. The highest BCUT2D eigenvalue weighted by Crippen LogP contribution is 2.38. The first-order chi connectivity index (χ1) is 9.49. The molecule has 1 unspecified atom stereocenters. The Morgan fingerprint density at radius 3 is 2.70 bits per heavy atom. The SMILES string of the molecule is OC1(c2cccc(F)c2F)CCc2cc(Br)ccc2C1. The van der Waals surface area contributed by atoms with Crippen molar-refractivity contribution in [3.8, 4) is 0 Å². The molecular weight excluding hydrogens is 326 g/mol. The predicted molar refractivity (Wildman–Crippen MR) is 76.4 cm³/mol. The summed E-state index contributed by atoms with van der Waals surface area (Å²) in [7, 11) is 0. The van der Waals surface area contributed by atoms with Crippen molar-refractivity contribution >= 4 is 15.9 Å². The topological polar surface area (TPSA) is 20.2 Å². The van der Waals surface area contributed by atoms with Crippen molar-refractivity contribution in [2.75, 3.05) is 0 Å². The summed E-state index contributed by atoms with van der Waals surface area (Å²) in [5.41, 5.74) is 0.824. The summed E-state index contributed by atoms with van der Waals surface area (Å²) in [6, 6.07) is 9.78. The lowest BCUT2D eigenvalue weighted by molar-refractivity contribution is 0.0182. The number of aryl methyl sites for hydroxylation is 1. The lowest BCUT2D eigenvalue weighted by atomic mass is 9.76. The fourth-order valence-corrected chi connectivity index (χ4v) is 3.25. The van der Waals surface area contributed by atoms with E-state index < -0.39 is 17.2 Å². The molecule has 0 bridgehead atoms. The van der Waals surface area contributed by atoms with Gasteiger partial charge in [0.25, 0.3) is 0 Å². The molecule has 1 N–H and O–H groups in total. The van der Waals surface area contributed by atoms with Gasteiger partial charge in [0.05, 0.1) is 5.60 Å². The number of fused-ring (bicyclic) bond motifs is 1. The Balaban J connectivity index is 2.03. The van der Waals surface area contributed by atoms with Crippen LogP contribution in [0.5, 0.6) is 0 Å². The van der Waals surface area contributed by atoms with E-state index in [0.717, 1.165) is 21.7 Å². The van der Waals surface area contributed by atoms with Crippen LogP contribution in [-0.2, 0) is 18.4 Å². The van der Waals surface area contributed by atoms with E-state index in [1.165, 1.54) is 12.1 Å². The van der Waals surface area contributed by atoms with Crippen LogP contribution in [0.25, 0.3) is 0 Å². The van der Waals surface area contributed by atoms with Crippen LogP contribution in [0.3, 0.4) is 0 Å². The van der Waals surface area contributed by atoms with Gasteiger partial charge in [0.15, 0.2) is 11.6 Å². The molecule has 104 valence electrons. The first-order valence-corrected chi connectivity index (χ1v) is 7.23. The molecule has 4 heteroatoms. The van der Waals surface area contributed by atoms with E-state index >= 15 is 0 Å². The molecule has 20 heavy (non-hydrogen) atoms. The second kappa shape index (κ2) is 4.93. The third-order valence-electron chi connectivity index (χ3n) is 3.91. The minimum atomic E-state index is -1.34. The minimum Gasteiger partial charge on any atom is -0.385 e. The van der Waals surface area contributed by atoms with Gasteiger partial charge in [-0.3, -0.25) is 0 Å². The lowest BCUT2D eigenvalue weighted by Gasteiger charge is -2.34. The second-order valence-electron chi connectivity index (χ2n) is 5.22. The first-order valence-electron chi connectivity index (χ1n) is 6.44. The zero-order chi connectivity index (χ0) is 14.3. The lowest BCUT2D eigenvalue weighted by Crippen LogP contribution is -2.34. The van der Waals surface area contributed by atoms with Crippen LogP contribution in [0, 0.1) is 11.6 Å². The Kier molecular flexibility index (Phi) is 3.38. The van der Waals surface area contributed by atoms with Crippen LogP contribution < -0.4 is 0 Å². The Hall–Kier alpha value is -1.26. The fourth-order valence-electron chi connectivity index (χ4n) is 2.84. The van der Waals surface area contributed by atoms with Crippen molar-refractivity contribution in [3.63, 3.8) is 0 Å². The monoisotopic (exact) mass is 338 g/mol. The molecule has 2 aromatic rings. The van der Waals surface area contributed by atoms with Crippen LogP contribution >= 0.6 is 15.9 Å². The average molecular weight is 339 g/mol. The van der Waals surface area contributed by atoms with Crippen molar-refractivity contribution in [1.82, 2.24) is 0 Å². The summed E-state index contributed by atoms with van der Waals surface area (Å²) < 4.78 is 28.3. The molecule has 1 atom stereocenters. The molecule has 0 spiro atoms. The Bertz CT molecular complexity index is 672. The van der Waals surface area contributed by atoms with Gasteiger partial charge in [-0.05, 0) is 42.2 Å². The van der Waals surface area contributed by atoms with Crippen molar-refractivity contribution in [2.24, 2.45) is 0 Å². The Labute approximate surface area is 124 Å². The standard InChI is InChI=1S/C16H13BrF2O/c17-12-5-4-11-9-16(20,7-6-10(11)8-12)13-2-1-3-14(18)15(13)19/h1-5,8,20H,6-7,9H2. The van der Waals surface area contributed by atoms with E-state index in [-0.39, 0.29) is 5.56 Å². The smallest absolute Gasteiger partial charge is 0.164 e. The third kappa shape index (κ3) is 2.27. The van der Waals surface area contributed by atoms with Gasteiger partial charge < -0.3 is 5.11 Å². The molecule has 2 aromatic carbocycles. The highest BCUT2D eigenvalue weighted by Gasteiger charge is 2.36. The van der Waals surface area contributed by atoms with Gasteiger partial charge in [0, 0.05) is 16.5 Å². The highest BCUT2D eigenvalue weighted by atomic mass is 79.9. The molecule has 0 amide bonds. The molecule has 0 saturated carbocycles. The van der Waals surface area contributed by atoms with E-state index in [9.17, 15) is 13.9 Å². The van der Waals surface area contributed by atoms with E-state index in [4.69, 9.17) is 0 Å². The summed E-state index contributed by atoms with van der Waals surface area (Å²) in [5.74, 6) is -1.87. The second-order valence-corrected chi connectivity index (χ2v) is 6.14. The maximum Gasteiger partial charge on any atom is 0.164 e. The summed E-state index contributed by atoms with van der Waals surface area (Å²) in [6.45, 7) is 0. The maximum atomic E-state index is 13.9. The summed E-state index contributed by atoms with van der Waals surface area (Å²) >= 11 is 3.41. The summed E-state index contributed by atoms with van der Waals surface area (Å²) in [4.78, 5) is 0. The molecule has 0 aliphatic heterocycles. The largest absolute Gasteiger partial charge is 0.385 e. The quantitative estimate of drug-likeness (QED) is 0.829. The van der Waals surface area contributed by atoms with E-state index in [1.807, 2.05) is 18.2 Å². The van der Waals surface area contributed by atoms with Crippen molar-refractivity contribution in [2.45, 2.75) is 24.9 Å². The van der Waals surface area contributed by atoms with Crippen LogP contribution in [-0.4, -0.2) is 5.11 Å². The molecule has 0 fully saturated rings. The van der Waals surface area contributed by atoms with Gasteiger partial charge in [-0.25, -0.2) is 8.78 Å². The molecule has 0 saturated heterocycles. The molecule has 0 radical (unpaired) electrons. The maximum absolute atomic E-state index is 13.9. The molecule has 1 nitrogen and oxygen atoms in total. The Morgan fingerprint density at radius 2 is 1.90 bits per heavy atom. The molecule has 0 aromatic heterocycles. The van der Waals surface area contributed by atoms with Crippen LogP contribution in [0.2, 0.25) is 0 Å². The van der Waals surface area contributed by atoms with Crippen molar-refractivity contribution in [1.29, 1.82) is 0 Å². The minimum absolute atomic E-state index is 0.0473. The van der Waals surface area contributed by atoms with Crippen LogP contribution in [0.15, 0.2) is 40.9 Å². The van der Waals surface area contributed by atoms with E-state index in [0.29, 0.717) is 19.3 Å². The summed E-state index contributed by atoms with van der Waals surface area (Å²) in [6.07, 6.45) is 1.33. The van der Waals surface area contributed by atoms with Crippen LogP contribution in [0.1, 0.15) is 23.1 Å². The van der Waals surface area contributed by atoms with Gasteiger partial charge in [0.2, 0.25) is 0 Å². The van der Waals surface area contributed by atoms with Gasteiger partial charge in [-0.2, -0.15) is 0 Å². The van der Waals surface area contributed by atoms with Gasteiger partial charge in [-0.1, -0.05) is 34.1 Å². The van der Waals surface area contributed by atoms with E-state index in [2.05, 4.69) is 15.9 Å². The zero-order valence-electron chi connectivity index (χ0n) is 10.7. The van der Waals surface area contributed by atoms with Gasteiger partial charge in [0.1, 0.15) is 0 Å². The number of halogens is 3. The molecular formula is C16H13BrF2O. The molecule has 0 heterocycles. The third-order valence-corrected chi connectivity index (χ3v) is 4.41. The van der Waals surface area contributed by atoms with Crippen molar-refractivity contribution < 1.29 is 13.9 Å². The molecule has 1 aliphatic carbocycles. The number of benzene rings is 2. The number of hydrogen-bond donors (Lipinski definition) is 1. The number of aliphatic hydroxyl groups is 1. The highest BCUT2D eigenvalue weighted by molar-refractivity contribution is 9.10. The Morgan fingerprint density at radius 1 is 1.10 bits per heavy atom. The van der Waals surface area contributed by atoms with Gasteiger partial charge in [-0.15, -0.1) is 0 Å². The number of hydrogen-bond acceptors (Lipinski definition) is 1. The summed E-state index contributed by atoms with van der Waals surface area (Å²) in [5, 5.41) is 10.7. The predicted octanol–water partition coefficient (Wildman–Crippen LogP) is 4.10. The first kappa shape index (κ1) is 13.7. The molecule has 1 aliphatic rings. The fraction of sp³-hybridized carbons (Fsp3) is 0.250. The van der Waals surface area contributed by atoms with Crippen LogP contribution in [0.4, 0.5) is 8.78 Å². The molecule has 3 rings (SSSR count). The number of rotatable bonds is 1.